The Labute approximate surface area is 151 Å². The molecule has 2 N–H and O–H groups in total. The first-order valence-corrected chi connectivity index (χ1v) is 8.96. The van der Waals surface area contributed by atoms with E-state index in [1.54, 1.807) is 0 Å². The van der Waals surface area contributed by atoms with Crippen molar-refractivity contribution in [2.75, 3.05) is 6.79 Å². The van der Waals surface area contributed by atoms with E-state index in [0.717, 1.165) is 37.0 Å². The number of carbonyl (C=O) groups excluding carboxylic acids is 1. The van der Waals surface area contributed by atoms with Gasteiger partial charge in [0, 0.05) is 13.0 Å². The molecular formula is C18H22N4O4. The molecule has 8 heteroatoms. The van der Waals surface area contributed by atoms with Gasteiger partial charge in [0.1, 0.15) is 5.54 Å². The van der Waals surface area contributed by atoms with Gasteiger partial charge in [0.25, 0.3) is 0 Å². The summed E-state index contributed by atoms with van der Waals surface area (Å²) in [5.74, 6) is 2.60. The first-order chi connectivity index (χ1) is 12.7. The Hall–Kier alpha value is -2.77. The summed E-state index contributed by atoms with van der Waals surface area (Å²) in [7, 11) is 0. The maximum absolute atomic E-state index is 12.5. The van der Waals surface area contributed by atoms with Gasteiger partial charge in [-0.05, 0) is 30.5 Å². The molecule has 26 heavy (non-hydrogen) atoms. The van der Waals surface area contributed by atoms with Gasteiger partial charge in [-0.1, -0.05) is 31.0 Å². The number of benzene rings is 1. The second-order valence-electron chi connectivity index (χ2n) is 6.65. The Morgan fingerprint density at radius 2 is 2.04 bits per heavy atom. The second kappa shape index (κ2) is 6.86. The zero-order valence-electron chi connectivity index (χ0n) is 14.7. The lowest BCUT2D eigenvalue weighted by molar-refractivity contribution is 0.174. The number of hydrogen-bond donors (Lipinski definition) is 2. The molecule has 0 spiro atoms. The molecule has 0 unspecified atom stereocenters. The summed E-state index contributed by atoms with van der Waals surface area (Å²) in [4.78, 5) is 16.9. The number of ether oxygens (including phenoxy) is 2. The predicted molar refractivity (Wildman–Crippen MR) is 91.8 cm³/mol. The van der Waals surface area contributed by atoms with Crippen LogP contribution in [-0.4, -0.2) is 23.0 Å². The summed E-state index contributed by atoms with van der Waals surface area (Å²) < 4.78 is 15.9. The van der Waals surface area contributed by atoms with E-state index >= 15 is 0 Å². The van der Waals surface area contributed by atoms with Crippen molar-refractivity contribution in [2.45, 2.75) is 51.1 Å². The van der Waals surface area contributed by atoms with Gasteiger partial charge in [-0.25, -0.2) is 4.79 Å². The number of carbonyl (C=O) groups is 1. The SMILES string of the molecule is CCc1nc(C2(NC(=O)NCc3ccc4c(c3)OCO4)CCCC2)no1. The van der Waals surface area contributed by atoms with Crippen LogP contribution in [-0.2, 0) is 18.5 Å². The van der Waals surface area contributed by atoms with E-state index in [9.17, 15) is 4.79 Å². The van der Waals surface area contributed by atoms with Crippen LogP contribution in [0.15, 0.2) is 22.7 Å². The van der Waals surface area contributed by atoms with E-state index in [4.69, 9.17) is 14.0 Å². The topological polar surface area (TPSA) is 98.5 Å². The van der Waals surface area contributed by atoms with Crippen LogP contribution in [0.5, 0.6) is 11.5 Å². The van der Waals surface area contributed by atoms with Gasteiger partial charge in [-0.15, -0.1) is 0 Å². The lowest BCUT2D eigenvalue weighted by Crippen LogP contribution is -2.49. The lowest BCUT2D eigenvalue weighted by Gasteiger charge is -2.26. The number of aromatic nitrogens is 2. The van der Waals surface area contributed by atoms with Crippen LogP contribution in [0.3, 0.4) is 0 Å². The van der Waals surface area contributed by atoms with Crippen LogP contribution in [0.25, 0.3) is 0 Å². The molecule has 1 aromatic heterocycles. The minimum Gasteiger partial charge on any atom is -0.454 e. The van der Waals surface area contributed by atoms with E-state index in [-0.39, 0.29) is 12.8 Å². The van der Waals surface area contributed by atoms with Gasteiger partial charge in [0.15, 0.2) is 17.3 Å². The highest BCUT2D eigenvalue weighted by Crippen LogP contribution is 2.37. The van der Waals surface area contributed by atoms with E-state index in [0.29, 0.717) is 30.4 Å². The Morgan fingerprint density at radius 1 is 1.23 bits per heavy atom. The molecule has 0 atom stereocenters. The van der Waals surface area contributed by atoms with E-state index < -0.39 is 5.54 Å². The largest absolute Gasteiger partial charge is 0.454 e. The molecule has 2 heterocycles. The van der Waals surface area contributed by atoms with Gasteiger partial charge in [0.2, 0.25) is 12.7 Å². The first kappa shape index (κ1) is 16.7. The van der Waals surface area contributed by atoms with Crippen molar-refractivity contribution in [3.05, 3.63) is 35.5 Å². The van der Waals surface area contributed by atoms with Gasteiger partial charge in [-0.2, -0.15) is 4.98 Å². The molecule has 2 amide bonds. The van der Waals surface area contributed by atoms with Gasteiger partial charge < -0.3 is 24.6 Å². The van der Waals surface area contributed by atoms with Crippen LogP contribution in [0.4, 0.5) is 4.79 Å². The summed E-state index contributed by atoms with van der Waals surface area (Å²) in [5.41, 5.74) is 0.397. The molecule has 1 aromatic carbocycles. The number of nitrogens with zero attached hydrogens (tertiary/aromatic N) is 2. The third-order valence-corrected chi connectivity index (χ3v) is 4.90. The van der Waals surface area contributed by atoms with E-state index in [2.05, 4.69) is 20.8 Å². The summed E-state index contributed by atoms with van der Waals surface area (Å²) in [6.45, 7) is 2.59. The van der Waals surface area contributed by atoms with Crippen LogP contribution < -0.4 is 20.1 Å². The summed E-state index contributed by atoms with van der Waals surface area (Å²) in [6, 6.07) is 5.39. The monoisotopic (exact) mass is 358 g/mol. The maximum Gasteiger partial charge on any atom is 0.315 e. The fourth-order valence-electron chi connectivity index (χ4n) is 3.47. The van der Waals surface area contributed by atoms with E-state index in [1.807, 2.05) is 25.1 Å². The predicted octanol–water partition coefficient (Wildman–Crippen LogP) is 2.63. The Balaban J connectivity index is 1.41. The van der Waals surface area contributed by atoms with Gasteiger partial charge in [-0.3, -0.25) is 0 Å². The van der Waals surface area contributed by atoms with Gasteiger partial charge >= 0.3 is 6.03 Å². The Morgan fingerprint density at radius 3 is 2.81 bits per heavy atom. The summed E-state index contributed by atoms with van der Waals surface area (Å²) in [5, 5.41) is 10.1. The molecular weight excluding hydrogens is 336 g/mol. The number of nitrogens with one attached hydrogen (secondary N) is 2. The summed E-state index contributed by atoms with van der Waals surface area (Å²) >= 11 is 0. The minimum absolute atomic E-state index is 0.236. The lowest BCUT2D eigenvalue weighted by atomic mass is 9.97. The average molecular weight is 358 g/mol. The smallest absolute Gasteiger partial charge is 0.315 e. The maximum atomic E-state index is 12.5. The molecule has 0 radical (unpaired) electrons. The normalized spacial score (nSPS) is 17.3. The molecule has 0 bridgehead atoms. The third-order valence-electron chi connectivity index (χ3n) is 4.90. The zero-order chi connectivity index (χ0) is 18.0. The number of aryl methyl sites for hydroxylation is 1. The molecule has 8 nitrogen and oxygen atoms in total. The van der Waals surface area contributed by atoms with Crippen molar-refractivity contribution < 1.29 is 18.8 Å². The van der Waals surface area contributed by atoms with Crippen LogP contribution >= 0.6 is 0 Å². The average Bonchev–Trinajstić information content (AvgIpc) is 3.39. The number of fused-ring (bicyclic) bond motifs is 1. The molecule has 0 saturated heterocycles. The Bertz CT molecular complexity index is 798. The number of urea groups is 1. The molecule has 2 aliphatic rings. The molecule has 2 aromatic rings. The highest BCUT2D eigenvalue weighted by atomic mass is 16.7. The van der Waals surface area contributed by atoms with Crippen LogP contribution in [0.1, 0.15) is 49.9 Å². The molecule has 1 saturated carbocycles. The first-order valence-electron chi connectivity index (χ1n) is 8.96. The highest BCUT2D eigenvalue weighted by molar-refractivity contribution is 5.75. The van der Waals surface area contributed by atoms with Crippen molar-refractivity contribution >= 4 is 6.03 Å². The van der Waals surface area contributed by atoms with Gasteiger partial charge in [0.05, 0.1) is 0 Å². The highest BCUT2D eigenvalue weighted by Gasteiger charge is 2.41. The molecule has 1 aliphatic carbocycles. The van der Waals surface area contributed by atoms with Crippen molar-refractivity contribution in [3.63, 3.8) is 0 Å². The van der Waals surface area contributed by atoms with Crippen molar-refractivity contribution in [3.8, 4) is 11.5 Å². The fraction of sp³-hybridized carbons (Fsp3) is 0.500. The number of rotatable bonds is 5. The van der Waals surface area contributed by atoms with Crippen LogP contribution in [0.2, 0.25) is 0 Å². The molecule has 1 aliphatic heterocycles. The third kappa shape index (κ3) is 3.18. The van der Waals surface area contributed by atoms with Crippen molar-refractivity contribution in [1.29, 1.82) is 0 Å². The standard InChI is InChI=1S/C18H22N4O4/c1-2-15-20-16(22-26-15)18(7-3-4-8-18)21-17(23)19-10-12-5-6-13-14(9-12)25-11-24-13/h5-6,9H,2-4,7-8,10-11H2,1H3,(H2,19,21,23). The zero-order valence-corrected chi connectivity index (χ0v) is 14.7. The quantitative estimate of drug-likeness (QED) is 0.852. The molecule has 1 fully saturated rings. The minimum atomic E-state index is -0.546. The second-order valence-corrected chi connectivity index (χ2v) is 6.65. The Kier molecular flexibility index (Phi) is 4.40. The fourth-order valence-corrected chi connectivity index (χ4v) is 3.47. The van der Waals surface area contributed by atoms with Crippen molar-refractivity contribution in [1.82, 2.24) is 20.8 Å². The van der Waals surface area contributed by atoms with Crippen LogP contribution in [0, 0.1) is 0 Å². The van der Waals surface area contributed by atoms with Crippen molar-refractivity contribution in [2.24, 2.45) is 0 Å². The number of amides is 2. The summed E-state index contributed by atoms with van der Waals surface area (Å²) in [6.07, 6.45) is 4.36. The van der Waals surface area contributed by atoms with E-state index in [1.165, 1.54) is 0 Å². The molecule has 4 rings (SSSR count). The number of hydrogen-bond acceptors (Lipinski definition) is 6. The molecule has 138 valence electrons.